The van der Waals surface area contributed by atoms with Crippen molar-refractivity contribution in [1.82, 2.24) is 9.97 Å². The Hall–Kier alpha value is -2.90. The van der Waals surface area contributed by atoms with E-state index in [-0.39, 0.29) is 23.2 Å². The fraction of sp³-hybridized carbons (Fsp3) is 0.333. The Morgan fingerprint density at radius 2 is 1.61 bits per heavy atom. The fourth-order valence-corrected chi connectivity index (χ4v) is 2.48. The largest absolute Gasteiger partial charge is 0.496 e. The number of nitrogens with one attached hydrogen (secondary N) is 1. The van der Waals surface area contributed by atoms with E-state index in [0.29, 0.717) is 28.4 Å². The Bertz CT molecular complexity index is 773. The number of H-pyrrole nitrogens is 1. The van der Waals surface area contributed by atoms with Crippen LogP contribution in [0, 0.1) is 0 Å². The van der Waals surface area contributed by atoms with Crippen LogP contribution in [0.2, 0.25) is 0 Å². The highest BCUT2D eigenvalue weighted by molar-refractivity contribution is 5.56. The van der Waals surface area contributed by atoms with Crippen LogP contribution >= 0.6 is 0 Å². The molecule has 1 aromatic carbocycles. The van der Waals surface area contributed by atoms with Crippen LogP contribution in [-0.2, 0) is 0 Å². The van der Waals surface area contributed by atoms with Crippen molar-refractivity contribution >= 4 is 11.8 Å². The summed E-state index contributed by atoms with van der Waals surface area (Å²) in [6.45, 7) is 1.82. The second-order valence-electron chi connectivity index (χ2n) is 4.92. The first-order valence-electron chi connectivity index (χ1n) is 6.88. The van der Waals surface area contributed by atoms with Gasteiger partial charge in [0.25, 0.3) is 5.56 Å². The Morgan fingerprint density at radius 3 is 2.13 bits per heavy atom. The SMILES string of the molecule is COc1cc(OC)c(C(C)c2c(N)nc(N)[nH]c2=O)cc1OC. The summed E-state index contributed by atoms with van der Waals surface area (Å²) in [6, 6.07) is 3.44. The summed E-state index contributed by atoms with van der Waals surface area (Å²) in [5.41, 5.74) is 12.0. The summed E-state index contributed by atoms with van der Waals surface area (Å²) in [5, 5.41) is 0. The van der Waals surface area contributed by atoms with E-state index >= 15 is 0 Å². The first-order chi connectivity index (χ1) is 10.9. The molecular formula is C15H20N4O4. The molecule has 0 aliphatic rings. The second kappa shape index (κ2) is 6.47. The molecule has 1 heterocycles. The highest BCUT2D eigenvalue weighted by Gasteiger charge is 2.23. The van der Waals surface area contributed by atoms with Gasteiger partial charge in [-0.05, 0) is 6.07 Å². The van der Waals surface area contributed by atoms with Gasteiger partial charge in [-0.25, -0.2) is 0 Å². The lowest BCUT2D eigenvalue weighted by atomic mass is 9.93. The lowest BCUT2D eigenvalue weighted by molar-refractivity contribution is 0.347. The molecule has 0 aliphatic carbocycles. The van der Waals surface area contributed by atoms with Gasteiger partial charge in [-0.3, -0.25) is 9.78 Å². The van der Waals surface area contributed by atoms with E-state index in [1.165, 1.54) is 21.3 Å². The summed E-state index contributed by atoms with van der Waals surface area (Å²) >= 11 is 0. The van der Waals surface area contributed by atoms with E-state index in [1.54, 1.807) is 12.1 Å². The first-order valence-corrected chi connectivity index (χ1v) is 6.88. The molecule has 1 aromatic heterocycles. The van der Waals surface area contributed by atoms with Crippen LogP contribution in [0.25, 0.3) is 0 Å². The Kier molecular flexibility index (Phi) is 4.63. The second-order valence-corrected chi connectivity index (χ2v) is 4.92. The van der Waals surface area contributed by atoms with E-state index in [4.69, 9.17) is 25.7 Å². The summed E-state index contributed by atoms with van der Waals surface area (Å²) in [4.78, 5) is 18.6. The normalized spacial score (nSPS) is 11.8. The standard InChI is InChI=1S/C15H20N4O4/c1-7(12-13(16)18-15(17)19-14(12)20)8-5-10(22-3)11(23-4)6-9(8)21-2/h5-7H,1-4H3,(H5,16,17,18,19,20). The maximum atomic E-state index is 12.2. The maximum Gasteiger partial charge on any atom is 0.258 e. The van der Waals surface area contributed by atoms with Crippen LogP contribution in [0.5, 0.6) is 17.2 Å². The monoisotopic (exact) mass is 320 g/mol. The number of nitrogen functional groups attached to an aromatic ring is 2. The molecule has 1 atom stereocenters. The van der Waals surface area contributed by atoms with Gasteiger partial charge in [-0.1, -0.05) is 6.92 Å². The minimum atomic E-state index is -0.390. The van der Waals surface area contributed by atoms with E-state index in [2.05, 4.69) is 9.97 Å². The number of nitrogens with zero attached hydrogens (tertiary/aromatic N) is 1. The van der Waals surface area contributed by atoms with Gasteiger partial charge in [0.1, 0.15) is 11.6 Å². The van der Waals surface area contributed by atoms with Crippen molar-refractivity contribution in [3.63, 3.8) is 0 Å². The van der Waals surface area contributed by atoms with Crippen LogP contribution in [0.1, 0.15) is 24.0 Å². The van der Waals surface area contributed by atoms with Gasteiger partial charge in [0.15, 0.2) is 11.5 Å². The Morgan fingerprint density at radius 1 is 1.04 bits per heavy atom. The molecule has 1 unspecified atom stereocenters. The lowest BCUT2D eigenvalue weighted by Crippen LogP contribution is -2.21. The molecule has 0 bridgehead atoms. The van der Waals surface area contributed by atoms with E-state index in [9.17, 15) is 4.79 Å². The van der Waals surface area contributed by atoms with Gasteiger partial charge < -0.3 is 25.7 Å². The Balaban J connectivity index is 2.64. The van der Waals surface area contributed by atoms with Crippen LogP contribution < -0.4 is 31.2 Å². The molecule has 2 rings (SSSR count). The number of ether oxygens (including phenoxy) is 3. The molecule has 8 heteroatoms. The molecule has 0 spiro atoms. The molecule has 0 saturated carbocycles. The molecular weight excluding hydrogens is 300 g/mol. The number of hydrogen-bond acceptors (Lipinski definition) is 7. The smallest absolute Gasteiger partial charge is 0.258 e. The average Bonchev–Trinajstić information content (AvgIpc) is 2.52. The summed E-state index contributed by atoms with van der Waals surface area (Å²) < 4.78 is 16.0. The summed E-state index contributed by atoms with van der Waals surface area (Å²) in [6.07, 6.45) is 0. The van der Waals surface area contributed by atoms with Crippen molar-refractivity contribution in [2.75, 3.05) is 32.8 Å². The van der Waals surface area contributed by atoms with Gasteiger partial charge in [-0.15, -0.1) is 0 Å². The maximum absolute atomic E-state index is 12.2. The summed E-state index contributed by atoms with van der Waals surface area (Å²) in [5.74, 6) is 1.26. The number of rotatable bonds is 5. The van der Waals surface area contributed by atoms with E-state index in [0.717, 1.165) is 0 Å². The molecule has 0 fully saturated rings. The molecule has 5 N–H and O–H groups in total. The number of anilines is 2. The number of methoxy groups -OCH3 is 3. The molecule has 2 aromatic rings. The third kappa shape index (κ3) is 3.01. The van der Waals surface area contributed by atoms with Crippen molar-refractivity contribution in [1.29, 1.82) is 0 Å². The molecule has 124 valence electrons. The van der Waals surface area contributed by atoms with Crippen molar-refractivity contribution in [3.05, 3.63) is 33.6 Å². The minimum absolute atomic E-state index is 0.0253. The molecule has 0 saturated heterocycles. The average molecular weight is 320 g/mol. The molecule has 0 radical (unpaired) electrons. The van der Waals surface area contributed by atoms with Crippen molar-refractivity contribution in [2.45, 2.75) is 12.8 Å². The summed E-state index contributed by atoms with van der Waals surface area (Å²) in [7, 11) is 4.60. The predicted molar refractivity (Wildman–Crippen MR) is 87.3 cm³/mol. The lowest BCUT2D eigenvalue weighted by Gasteiger charge is -2.19. The molecule has 23 heavy (non-hydrogen) atoms. The van der Waals surface area contributed by atoms with E-state index in [1.807, 2.05) is 6.92 Å². The highest BCUT2D eigenvalue weighted by atomic mass is 16.5. The van der Waals surface area contributed by atoms with Gasteiger partial charge >= 0.3 is 0 Å². The zero-order chi connectivity index (χ0) is 17.1. The van der Waals surface area contributed by atoms with Crippen molar-refractivity contribution in [2.24, 2.45) is 0 Å². The van der Waals surface area contributed by atoms with Crippen LogP contribution in [0.4, 0.5) is 11.8 Å². The van der Waals surface area contributed by atoms with Crippen molar-refractivity contribution in [3.8, 4) is 17.2 Å². The zero-order valence-corrected chi connectivity index (χ0v) is 13.5. The Labute approximate surface area is 133 Å². The molecule has 0 aliphatic heterocycles. The van der Waals surface area contributed by atoms with Crippen LogP contribution in [0.15, 0.2) is 16.9 Å². The topological polar surface area (TPSA) is 125 Å². The number of nitrogens with two attached hydrogens (primary N) is 2. The first kappa shape index (κ1) is 16.5. The van der Waals surface area contributed by atoms with Gasteiger partial charge in [0.05, 0.1) is 26.9 Å². The minimum Gasteiger partial charge on any atom is -0.496 e. The quantitative estimate of drug-likeness (QED) is 0.753. The number of aromatic nitrogens is 2. The van der Waals surface area contributed by atoms with Gasteiger partial charge in [0, 0.05) is 17.5 Å². The number of aromatic amines is 1. The van der Waals surface area contributed by atoms with E-state index < -0.39 is 0 Å². The van der Waals surface area contributed by atoms with Gasteiger partial charge in [0.2, 0.25) is 5.95 Å². The van der Waals surface area contributed by atoms with Crippen LogP contribution in [-0.4, -0.2) is 31.3 Å². The number of hydrogen-bond donors (Lipinski definition) is 3. The third-order valence-corrected chi connectivity index (χ3v) is 3.64. The molecule has 0 amide bonds. The zero-order valence-electron chi connectivity index (χ0n) is 13.5. The number of benzene rings is 1. The highest BCUT2D eigenvalue weighted by Crippen LogP contribution is 2.40. The van der Waals surface area contributed by atoms with Gasteiger partial charge in [-0.2, -0.15) is 4.98 Å². The van der Waals surface area contributed by atoms with Crippen molar-refractivity contribution < 1.29 is 14.2 Å². The predicted octanol–water partition coefficient (Wildman–Crippen LogP) is 1.11. The van der Waals surface area contributed by atoms with Crippen LogP contribution in [0.3, 0.4) is 0 Å². The third-order valence-electron chi connectivity index (χ3n) is 3.64. The molecule has 8 nitrogen and oxygen atoms in total. The fourth-order valence-electron chi connectivity index (χ4n) is 2.48.